The van der Waals surface area contributed by atoms with Crippen molar-refractivity contribution in [3.05, 3.63) is 65.5 Å². The van der Waals surface area contributed by atoms with Crippen molar-refractivity contribution in [3.63, 3.8) is 0 Å². The van der Waals surface area contributed by atoms with Crippen LogP contribution in [0.2, 0.25) is 0 Å². The zero-order chi connectivity index (χ0) is 19.3. The molecule has 1 aromatic heterocycles. The minimum atomic E-state index is -0.816. The fourth-order valence-corrected chi connectivity index (χ4v) is 5.54. The predicted octanol–water partition coefficient (Wildman–Crippen LogP) is 2.99. The van der Waals surface area contributed by atoms with Crippen LogP contribution < -0.4 is 0 Å². The van der Waals surface area contributed by atoms with Crippen molar-refractivity contribution in [1.29, 1.82) is 0 Å². The topological polar surface area (TPSA) is 36.4 Å². The quantitative estimate of drug-likeness (QED) is 0.818. The highest BCUT2D eigenvalue weighted by atomic mass is 19.2. The fraction of sp³-hybridized carbons (Fsp3) is 0.455. The van der Waals surface area contributed by atoms with Crippen LogP contribution in [0.4, 0.5) is 8.78 Å². The van der Waals surface area contributed by atoms with E-state index in [1.807, 2.05) is 23.1 Å². The predicted molar refractivity (Wildman–Crippen MR) is 101 cm³/mol. The molecule has 1 aromatic carbocycles. The zero-order valence-electron chi connectivity index (χ0n) is 15.6. The van der Waals surface area contributed by atoms with Gasteiger partial charge in [-0.25, -0.2) is 8.78 Å². The van der Waals surface area contributed by atoms with Gasteiger partial charge in [0.15, 0.2) is 11.6 Å². The summed E-state index contributed by atoms with van der Waals surface area (Å²) < 4.78 is 28.5. The van der Waals surface area contributed by atoms with Crippen molar-refractivity contribution >= 4 is 5.91 Å². The maximum absolute atomic E-state index is 14.6. The molecule has 4 saturated heterocycles. The number of fused-ring (bicyclic) bond motifs is 2. The Morgan fingerprint density at radius 2 is 1.89 bits per heavy atom. The second-order valence-corrected chi connectivity index (χ2v) is 8.15. The van der Waals surface area contributed by atoms with Crippen molar-refractivity contribution in [2.24, 2.45) is 5.92 Å². The maximum atomic E-state index is 14.6. The summed E-state index contributed by atoms with van der Waals surface area (Å²) in [7, 11) is 0. The summed E-state index contributed by atoms with van der Waals surface area (Å²) >= 11 is 0. The van der Waals surface area contributed by atoms with E-state index >= 15 is 0 Å². The first-order chi connectivity index (χ1) is 13.6. The lowest BCUT2D eigenvalue weighted by Crippen LogP contribution is -2.60. The number of amides is 1. The molecule has 2 aromatic rings. The van der Waals surface area contributed by atoms with Gasteiger partial charge in [-0.2, -0.15) is 0 Å². The van der Waals surface area contributed by atoms with Crippen LogP contribution >= 0.6 is 0 Å². The Labute approximate surface area is 163 Å². The van der Waals surface area contributed by atoms with Crippen LogP contribution in [-0.2, 0) is 11.2 Å². The second-order valence-electron chi connectivity index (χ2n) is 8.15. The Kier molecular flexibility index (Phi) is 4.38. The minimum Gasteiger partial charge on any atom is -0.337 e. The van der Waals surface area contributed by atoms with E-state index in [2.05, 4.69) is 9.88 Å². The van der Waals surface area contributed by atoms with Gasteiger partial charge in [0.25, 0.3) is 0 Å². The van der Waals surface area contributed by atoms with Crippen molar-refractivity contribution in [2.45, 2.75) is 37.3 Å². The van der Waals surface area contributed by atoms with Gasteiger partial charge < -0.3 is 4.90 Å². The SMILES string of the molecule is O=C(Cc1ccccn1)N1C[C@@H](c2cccc(F)c2F)[C@@H]2[C@H]1C1CCN2CC1. The first-order valence-electron chi connectivity index (χ1n) is 10.0. The average Bonchev–Trinajstić information content (AvgIpc) is 3.15. The van der Waals surface area contributed by atoms with Gasteiger partial charge in [-0.05, 0) is 55.6 Å². The average molecular weight is 383 g/mol. The van der Waals surface area contributed by atoms with E-state index in [9.17, 15) is 13.6 Å². The molecule has 4 fully saturated rings. The van der Waals surface area contributed by atoms with Crippen LogP contribution in [0.3, 0.4) is 0 Å². The molecular formula is C22H23F2N3O. The Morgan fingerprint density at radius 1 is 1.07 bits per heavy atom. The number of nitrogens with zero attached hydrogens (tertiary/aromatic N) is 3. The monoisotopic (exact) mass is 383 g/mol. The highest BCUT2D eigenvalue weighted by molar-refractivity contribution is 5.79. The molecule has 1 amide bonds. The molecule has 3 atom stereocenters. The molecule has 0 saturated carbocycles. The van der Waals surface area contributed by atoms with Gasteiger partial charge in [0.05, 0.1) is 12.5 Å². The van der Waals surface area contributed by atoms with Crippen LogP contribution in [0, 0.1) is 17.6 Å². The molecule has 0 N–H and O–H groups in total. The molecule has 5 heterocycles. The van der Waals surface area contributed by atoms with Crippen molar-refractivity contribution in [2.75, 3.05) is 19.6 Å². The molecule has 2 bridgehead atoms. The number of likely N-dealkylation sites (tertiary alicyclic amines) is 1. The molecule has 0 radical (unpaired) electrons. The number of hydrogen-bond acceptors (Lipinski definition) is 3. The molecule has 4 nitrogen and oxygen atoms in total. The Bertz CT molecular complexity index is 883. The van der Waals surface area contributed by atoms with Crippen LogP contribution in [0.25, 0.3) is 0 Å². The fourth-order valence-electron chi connectivity index (χ4n) is 5.54. The number of hydrogen-bond donors (Lipinski definition) is 0. The van der Waals surface area contributed by atoms with Crippen LogP contribution in [0.5, 0.6) is 0 Å². The summed E-state index contributed by atoms with van der Waals surface area (Å²) in [5.74, 6) is -1.32. The van der Waals surface area contributed by atoms with Crippen molar-refractivity contribution in [1.82, 2.24) is 14.8 Å². The third-order valence-corrected chi connectivity index (χ3v) is 6.75. The lowest BCUT2D eigenvalue weighted by molar-refractivity contribution is -0.135. The molecule has 0 spiro atoms. The summed E-state index contributed by atoms with van der Waals surface area (Å²) in [6.07, 6.45) is 4.06. The first-order valence-corrected chi connectivity index (χ1v) is 10.0. The van der Waals surface area contributed by atoms with E-state index in [0.29, 0.717) is 18.0 Å². The van der Waals surface area contributed by atoms with Gasteiger partial charge in [-0.3, -0.25) is 14.7 Å². The molecule has 4 aliphatic rings. The summed E-state index contributed by atoms with van der Waals surface area (Å²) in [6.45, 7) is 2.39. The van der Waals surface area contributed by atoms with Gasteiger partial charge in [0, 0.05) is 30.4 Å². The van der Waals surface area contributed by atoms with Gasteiger partial charge >= 0.3 is 0 Å². The van der Waals surface area contributed by atoms with Crippen molar-refractivity contribution < 1.29 is 13.6 Å². The molecule has 6 heteroatoms. The molecule has 4 aliphatic heterocycles. The van der Waals surface area contributed by atoms with Crippen LogP contribution in [0.1, 0.15) is 30.0 Å². The number of carbonyl (C=O) groups excluding carboxylic acids is 1. The van der Waals surface area contributed by atoms with Gasteiger partial charge in [-0.1, -0.05) is 18.2 Å². The molecule has 6 rings (SSSR count). The first kappa shape index (κ1) is 17.7. The number of aromatic nitrogens is 1. The van der Waals surface area contributed by atoms with E-state index in [-0.39, 0.29) is 30.3 Å². The maximum Gasteiger partial charge on any atom is 0.228 e. The van der Waals surface area contributed by atoms with Gasteiger partial charge in [0.2, 0.25) is 5.91 Å². The third-order valence-electron chi connectivity index (χ3n) is 6.75. The minimum absolute atomic E-state index is 0.0294. The Morgan fingerprint density at radius 3 is 2.64 bits per heavy atom. The lowest BCUT2D eigenvalue weighted by atomic mass is 9.75. The molecule has 0 aliphatic carbocycles. The number of piperidine rings is 3. The summed E-state index contributed by atoms with van der Waals surface area (Å²) in [5.41, 5.74) is 1.14. The van der Waals surface area contributed by atoms with E-state index in [4.69, 9.17) is 0 Å². The van der Waals surface area contributed by atoms with Gasteiger partial charge in [-0.15, -0.1) is 0 Å². The van der Waals surface area contributed by atoms with Crippen LogP contribution in [-0.4, -0.2) is 52.4 Å². The number of carbonyl (C=O) groups is 1. The highest BCUT2D eigenvalue weighted by Gasteiger charge is 2.55. The van der Waals surface area contributed by atoms with Crippen LogP contribution in [0.15, 0.2) is 42.6 Å². The third kappa shape index (κ3) is 2.82. The summed E-state index contributed by atoms with van der Waals surface area (Å²) in [5, 5.41) is 0. The molecule has 28 heavy (non-hydrogen) atoms. The van der Waals surface area contributed by atoms with Crippen molar-refractivity contribution in [3.8, 4) is 0 Å². The summed E-state index contributed by atoms with van der Waals surface area (Å²) in [4.78, 5) is 21.8. The normalized spacial score (nSPS) is 31.1. The second kappa shape index (κ2) is 6.92. The molecular weight excluding hydrogens is 360 g/mol. The number of halogens is 2. The molecule has 0 unspecified atom stereocenters. The van der Waals surface area contributed by atoms with E-state index in [1.165, 1.54) is 0 Å². The Balaban J connectivity index is 1.49. The lowest BCUT2D eigenvalue weighted by Gasteiger charge is -2.51. The van der Waals surface area contributed by atoms with Gasteiger partial charge in [0.1, 0.15) is 0 Å². The molecule has 146 valence electrons. The highest BCUT2D eigenvalue weighted by Crippen LogP contribution is 2.47. The smallest absolute Gasteiger partial charge is 0.228 e. The number of pyridine rings is 1. The van der Waals surface area contributed by atoms with E-state index in [0.717, 1.165) is 37.7 Å². The zero-order valence-corrected chi connectivity index (χ0v) is 15.6. The number of rotatable bonds is 3. The number of benzene rings is 1. The Hall–Kier alpha value is -2.34. The summed E-state index contributed by atoms with van der Waals surface area (Å²) in [6, 6.07) is 10.1. The van der Waals surface area contributed by atoms with E-state index < -0.39 is 11.6 Å². The largest absolute Gasteiger partial charge is 0.337 e. The van der Waals surface area contributed by atoms with E-state index in [1.54, 1.807) is 18.3 Å². The standard InChI is InChI=1S/C22H23F2N3O/c23-18-6-3-5-16(20(18)24)17-13-27(19(28)12-15-4-1-2-9-25-15)21-14-7-10-26(11-8-14)22(17)21/h1-6,9,14,17,21-22H,7-8,10-13H2/t17-,21+,22+/m0/s1.